The van der Waals surface area contributed by atoms with Gasteiger partial charge in [-0.15, -0.1) is 0 Å². The average molecular weight is 358 g/mol. The van der Waals surface area contributed by atoms with E-state index in [4.69, 9.17) is 0 Å². The van der Waals surface area contributed by atoms with E-state index >= 15 is 0 Å². The minimum atomic E-state index is 0.167. The van der Waals surface area contributed by atoms with E-state index in [1.165, 1.54) is 12.8 Å². The van der Waals surface area contributed by atoms with Gasteiger partial charge in [-0.3, -0.25) is 4.79 Å². The SMILES string of the molecule is O=C(C1=CCCCCC1)c1cc(Br)ccc1Br. The molecule has 0 spiro atoms. The fraction of sp³-hybridized carbons (Fsp3) is 0.357. The van der Waals surface area contributed by atoms with Gasteiger partial charge < -0.3 is 0 Å². The second-order valence-electron chi connectivity index (χ2n) is 4.28. The van der Waals surface area contributed by atoms with E-state index in [-0.39, 0.29) is 5.78 Å². The number of carbonyl (C=O) groups is 1. The molecule has 0 saturated heterocycles. The van der Waals surface area contributed by atoms with Crippen molar-refractivity contribution in [2.45, 2.75) is 32.1 Å². The second-order valence-corrected chi connectivity index (χ2v) is 6.05. The fourth-order valence-corrected chi connectivity index (χ4v) is 2.85. The zero-order chi connectivity index (χ0) is 12.3. The Kier molecular flexibility index (Phi) is 4.57. The molecule has 0 amide bonds. The van der Waals surface area contributed by atoms with Crippen LogP contribution in [-0.2, 0) is 0 Å². The van der Waals surface area contributed by atoms with Crippen LogP contribution in [0.25, 0.3) is 0 Å². The van der Waals surface area contributed by atoms with Crippen LogP contribution >= 0.6 is 31.9 Å². The van der Waals surface area contributed by atoms with Gasteiger partial charge in [-0.25, -0.2) is 0 Å². The van der Waals surface area contributed by atoms with Gasteiger partial charge >= 0.3 is 0 Å². The van der Waals surface area contributed by atoms with Crippen molar-refractivity contribution in [3.05, 3.63) is 44.4 Å². The molecule has 1 aromatic carbocycles. The Morgan fingerprint density at radius 1 is 1.12 bits per heavy atom. The van der Waals surface area contributed by atoms with Crippen molar-refractivity contribution < 1.29 is 4.79 Å². The van der Waals surface area contributed by atoms with Crippen LogP contribution < -0.4 is 0 Å². The number of halogens is 2. The fourth-order valence-electron chi connectivity index (χ4n) is 2.07. The molecule has 1 nitrogen and oxygen atoms in total. The predicted octanol–water partition coefficient (Wildman–Crippen LogP) is 5.28. The molecule has 0 radical (unpaired) electrons. The molecular weight excluding hydrogens is 344 g/mol. The monoisotopic (exact) mass is 356 g/mol. The van der Waals surface area contributed by atoms with Crippen LogP contribution in [0.15, 0.2) is 38.8 Å². The van der Waals surface area contributed by atoms with Crippen molar-refractivity contribution >= 4 is 37.6 Å². The molecule has 1 aliphatic carbocycles. The van der Waals surface area contributed by atoms with Crippen LogP contribution in [0, 0.1) is 0 Å². The van der Waals surface area contributed by atoms with E-state index in [0.717, 1.165) is 39.3 Å². The van der Waals surface area contributed by atoms with Crippen LogP contribution in [0.4, 0.5) is 0 Å². The van der Waals surface area contributed by atoms with Crippen molar-refractivity contribution in [2.24, 2.45) is 0 Å². The highest BCUT2D eigenvalue weighted by atomic mass is 79.9. The molecule has 2 rings (SSSR count). The summed E-state index contributed by atoms with van der Waals surface area (Å²) in [6.45, 7) is 0. The normalized spacial score (nSPS) is 16.2. The van der Waals surface area contributed by atoms with E-state index < -0.39 is 0 Å². The largest absolute Gasteiger partial charge is 0.289 e. The van der Waals surface area contributed by atoms with Gasteiger partial charge in [0, 0.05) is 14.5 Å². The molecule has 0 N–H and O–H groups in total. The Labute approximate surface area is 119 Å². The molecule has 0 unspecified atom stereocenters. The molecule has 0 fully saturated rings. The molecule has 3 heteroatoms. The molecule has 1 aliphatic rings. The summed E-state index contributed by atoms with van der Waals surface area (Å²) in [6, 6.07) is 5.73. The van der Waals surface area contributed by atoms with Gasteiger partial charge in [-0.1, -0.05) is 44.4 Å². The zero-order valence-corrected chi connectivity index (χ0v) is 12.7. The van der Waals surface area contributed by atoms with Gasteiger partial charge in [-0.05, 0) is 49.5 Å². The lowest BCUT2D eigenvalue weighted by atomic mass is 10.00. The van der Waals surface area contributed by atoms with Gasteiger partial charge in [-0.2, -0.15) is 0 Å². The Morgan fingerprint density at radius 2 is 1.94 bits per heavy atom. The Morgan fingerprint density at radius 3 is 2.76 bits per heavy atom. The number of hydrogen-bond acceptors (Lipinski definition) is 1. The van der Waals surface area contributed by atoms with E-state index in [0.29, 0.717) is 0 Å². The van der Waals surface area contributed by atoms with Crippen LogP contribution in [0.3, 0.4) is 0 Å². The van der Waals surface area contributed by atoms with Crippen molar-refractivity contribution in [2.75, 3.05) is 0 Å². The molecule has 0 saturated carbocycles. The van der Waals surface area contributed by atoms with Gasteiger partial charge in [0.25, 0.3) is 0 Å². The maximum absolute atomic E-state index is 12.4. The number of carbonyl (C=O) groups excluding carboxylic acids is 1. The molecule has 0 atom stereocenters. The summed E-state index contributed by atoms with van der Waals surface area (Å²) in [5.41, 5.74) is 1.73. The Bertz CT molecular complexity index is 463. The van der Waals surface area contributed by atoms with Crippen LogP contribution in [0.2, 0.25) is 0 Å². The summed E-state index contributed by atoms with van der Waals surface area (Å²) < 4.78 is 1.81. The molecule has 0 aromatic heterocycles. The maximum Gasteiger partial charge on any atom is 0.189 e. The third-order valence-electron chi connectivity index (χ3n) is 3.01. The van der Waals surface area contributed by atoms with Crippen LogP contribution in [0.1, 0.15) is 42.5 Å². The highest BCUT2D eigenvalue weighted by Crippen LogP contribution is 2.27. The van der Waals surface area contributed by atoms with Crippen molar-refractivity contribution in [1.82, 2.24) is 0 Å². The van der Waals surface area contributed by atoms with E-state index in [9.17, 15) is 4.79 Å². The summed E-state index contributed by atoms with van der Waals surface area (Å²) in [5, 5.41) is 0. The van der Waals surface area contributed by atoms with Crippen LogP contribution in [0.5, 0.6) is 0 Å². The minimum absolute atomic E-state index is 0.167. The zero-order valence-electron chi connectivity index (χ0n) is 9.51. The highest BCUT2D eigenvalue weighted by Gasteiger charge is 2.16. The molecule has 90 valence electrons. The van der Waals surface area contributed by atoms with Crippen molar-refractivity contribution in [3.8, 4) is 0 Å². The second kappa shape index (κ2) is 5.96. The number of benzene rings is 1. The first-order chi connectivity index (χ1) is 8.18. The Hall–Kier alpha value is -0.410. The first-order valence-corrected chi connectivity index (χ1v) is 7.46. The number of rotatable bonds is 2. The molecule has 0 bridgehead atoms. The maximum atomic E-state index is 12.4. The lowest BCUT2D eigenvalue weighted by Crippen LogP contribution is -2.04. The molecule has 0 heterocycles. The first kappa shape index (κ1) is 13.0. The third-order valence-corrected chi connectivity index (χ3v) is 4.19. The average Bonchev–Trinajstić information content (AvgIpc) is 2.60. The first-order valence-electron chi connectivity index (χ1n) is 5.87. The smallest absolute Gasteiger partial charge is 0.189 e. The predicted molar refractivity (Wildman–Crippen MR) is 77.3 cm³/mol. The summed E-state index contributed by atoms with van der Waals surface area (Å²) >= 11 is 6.86. The topological polar surface area (TPSA) is 17.1 Å². The lowest BCUT2D eigenvalue weighted by molar-refractivity contribution is 0.102. The number of hydrogen-bond donors (Lipinski definition) is 0. The van der Waals surface area contributed by atoms with E-state index in [2.05, 4.69) is 37.9 Å². The third kappa shape index (κ3) is 3.29. The molecule has 0 aliphatic heterocycles. The lowest BCUT2D eigenvalue weighted by Gasteiger charge is -2.07. The van der Waals surface area contributed by atoms with Gasteiger partial charge in [0.1, 0.15) is 0 Å². The van der Waals surface area contributed by atoms with Gasteiger partial charge in [0.05, 0.1) is 0 Å². The quantitative estimate of drug-likeness (QED) is 0.657. The summed E-state index contributed by atoms with van der Waals surface area (Å²) in [7, 11) is 0. The number of allylic oxidation sites excluding steroid dienone is 2. The van der Waals surface area contributed by atoms with Crippen molar-refractivity contribution in [3.63, 3.8) is 0 Å². The van der Waals surface area contributed by atoms with Crippen LogP contribution in [-0.4, -0.2) is 5.78 Å². The van der Waals surface area contributed by atoms with E-state index in [1.807, 2.05) is 18.2 Å². The summed E-state index contributed by atoms with van der Waals surface area (Å²) in [6.07, 6.45) is 7.62. The summed E-state index contributed by atoms with van der Waals surface area (Å²) in [5.74, 6) is 0.167. The van der Waals surface area contributed by atoms with E-state index in [1.54, 1.807) is 0 Å². The van der Waals surface area contributed by atoms with Crippen molar-refractivity contribution in [1.29, 1.82) is 0 Å². The molecular formula is C14H14Br2O. The van der Waals surface area contributed by atoms with Gasteiger partial charge in [0.2, 0.25) is 0 Å². The number of ketones is 1. The summed E-state index contributed by atoms with van der Waals surface area (Å²) in [4.78, 5) is 12.4. The Balaban J connectivity index is 2.29. The molecule has 17 heavy (non-hydrogen) atoms. The highest BCUT2D eigenvalue weighted by molar-refractivity contribution is 9.11. The minimum Gasteiger partial charge on any atom is -0.289 e. The number of Topliss-reactive ketones (excluding diaryl/α,β-unsaturated/α-hetero) is 1. The molecule has 1 aromatic rings. The van der Waals surface area contributed by atoms with Gasteiger partial charge in [0.15, 0.2) is 5.78 Å². The standard InChI is InChI=1S/C14H14Br2O/c15-11-7-8-13(16)12(9-11)14(17)10-5-3-1-2-4-6-10/h5,7-9H,1-4,6H2.